The summed E-state index contributed by atoms with van der Waals surface area (Å²) < 4.78 is 25.8. The monoisotopic (exact) mass is 318 g/mol. The van der Waals surface area contributed by atoms with Gasteiger partial charge in [-0.25, -0.2) is 8.42 Å². The molecule has 5 nitrogen and oxygen atoms in total. The number of carbonyl (C=O) groups excluding carboxylic acids is 1. The van der Waals surface area contributed by atoms with Gasteiger partial charge in [0.15, 0.2) is 9.84 Å². The number of pyridine rings is 1. The lowest BCUT2D eigenvalue weighted by molar-refractivity contribution is -0.118. The van der Waals surface area contributed by atoms with E-state index in [9.17, 15) is 13.2 Å². The van der Waals surface area contributed by atoms with Gasteiger partial charge in [-0.3, -0.25) is 9.78 Å². The molecule has 1 atom stereocenters. The van der Waals surface area contributed by atoms with Gasteiger partial charge in [0.05, 0.1) is 4.90 Å². The van der Waals surface area contributed by atoms with E-state index in [-0.39, 0.29) is 17.3 Å². The van der Waals surface area contributed by atoms with Crippen LogP contribution in [0.3, 0.4) is 0 Å². The van der Waals surface area contributed by atoms with Crippen LogP contribution in [0.1, 0.15) is 23.3 Å². The van der Waals surface area contributed by atoms with Gasteiger partial charge in [0.1, 0.15) is 5.25 Å². The summed E-state index contributed by atoms with van der Waals surface area (Å²) in [5, 5.41) is 1.72. The number of rotatable bonds is 5. The summed E-state index contributed by atoms with van der Waals surface area (Å²) in [4.78, 5) is 15.4. The number of aryl methyl sites for hydroxylation is 1. The van der Waals surface area contributed by atoms with Crippen LogP contribution in [0.2, 0.25) is 0 Å². The minimum Gasteiger partial charge on any atom is -0.355 e. The molecular weight excluding hydrogens is 300 g/mol. The Morgan fingerprint density at radius 2 is 1.91 bits per heavy atom. The summed E-state index contributed by atoms with van der Waals surface area (Å²) in [6, 6.07) is 10.1. The summed E-state index contributed by atoms with van der Waals surface area (Å²) >= 11 is 0. The van der Waals surface area contributed by atoms with Gasteiger partial charge < -0.3 is 5.32 Å². The number of aromatic nitrogens is 1. The van der Waals surface area contributed by atoms with Crippen molar-refractivity contribution in [1.82, 2.24) is 10.3 Å². The average Bonchev–Trinajstić information content (AvgIpc) is 2.48. The number of amides is 1. The maximum absolute atomic E-state index is 12.9. The first kappa shape index (κ1) is 16.2. The van der Waals surface area contributed by atoms with Gasteiger partial charge in [0.2, 0.25) is 5.91 Å². The first-order chi connectivity index (χ1) is 10.4. The molecule has 116 valence electrons. The third kappa shape index (κ3) is 3.71. The van der Waals surface area contributed by atoms with Crippen LogP contribution in [0.4, 0.5) is 0 Å². The van der Waals surface area contributed by atoms with Crippen molar-refractivity contribution in [1.29, 1.82) is 0 Å². The number of nitrogens with one attached hydrogen (secondary N) is 1. The Bertz CT molecular complexity index is 741. The van der Waals surface area contributed by atoms with Crippen LogP contribution >= 0.6 is 0 Å². The average molecular weight is 318 g/mol. The van der Waals surface area contributed by atoms with E-state index >= 15 is 0 Å². The molecule has 0 bridgehead atoms. The molecule has 1 aromatic carbocycles. The molecule has 0 unspecified atom stereocenters. The Hall–Kier alpha value is -2.21. The molecule has 1 amide bonds. The van der Waals surface area contributed by atoms with Crippen LogP contribution in [-0.4, -0.2) is 25.9 Å². The Balaban J connectivity index is 2.43. The van der Waals surface area contributed by atoms with E-state index in [0.29, 0.717) is 5.56 Å². The Morgan fingerprint density at radius 3 is 2.45 bits per heavy atom. The third-order valence-electron chi connectivity index (χ3n) is 3.32. The number of carbonyl (C=O) groups is 1. The highest BCUT2D eigenvalue weighted by Gasteiger charge is 2.29. The first-order valence-corrected chi connectivity index (χ1v) is 8.41. The van der Waals surface area contributed by atoms with Crippen LogP contribution < -0.4 is 5.32 Å². The van der Waals surface area contributed by atoms with Crippen LogP contribution in [0, 0.1) is 6.92 Å². The first-order valence-electron chi connectivity index (χ1n) is 6.86. The molecule has 1 N–H and O–H groups in total. The fourth-order valence-electron chi connectivity index (χ4n) is 2.10. The Kier molecular flexibility index (Phi) is 4.92. The van der Waals surface area contributed by atoms with E-state index in [4.69, 9.17) is 0 Å². The molecule has 0 spiro atoms. The summed E-state index contributed by atoms with van der Waals surface area (Å²) in [6.45, 7) is 3.27. The van der Waals surface area contributed by atoms with E-state index in [1.165, 1.54) is 13.1 Å². The Labute approximate surface area is 130 Å². The van der Waals surface area contributed by atoms with Crippen molar-refractivity contribution in [2.45, 2.75) is 24.0 Å². The lowest BCUT2D eigenvalue weighted by Crippen LogP contribution is -2.30. The molecule has 1 heterocycles. The van der Waals surface area contributed by atoms with E-state index in [1.54, 1.807) is 42.6 Å². The molecule has 2 rings (SSSR count). The summed E-state index contributed by atoms with van der Waals surface area (Å²) in [7, 11) is -3.62. The second kappa shape index (κ2) is 6.70. The molecule has 6 heteroatoms. The second-order valence-electron chi connectivity index (χ2n) is 5.07. The molecule has 0 saturated heterocycles. The zero-order chi connectivity index (χ0) is 16.2. The zero-order valence-corrected chi connectivity index (χ0v) is 13.3. The lowest BCUT2D eigenvalue weighted by atomic mass is 10.2. The molecular formula is C16H18N2O3S. The van der Waals surface area contributed by atoms with Gasteiger partial charge in [-0.1, -0.05) is 23.8 Å². The summed E-state index contributed by atoms with van der Waals surface area (Å²) in [5.74, 6) is -0.270. The highest BCUT2D eigenvalue weighted by Crippen LogP contribution is 2.28. The smallest absolute Gasteiger partial charge is 0.216 e. The van der Waals surface area contributed by atoms with Crippen LogP contribution in [0.25, 0.3) is 0 Å². The van der Waals surface area contributed by atoms with Gasteiger partial charge >= 0.3 is 0 Å². The van der Waals surface area contributed by atoms with Gasteiger partial charge in [0.25, 0.3) is 0 Å². The molecule has 0 fully saturated rings. The lowest BCUT2D eigenvalue weighted by Gasteiger charge is -2.18. The van der Waals surface area contributed by atoms with Gasteiger partial charge in [0, 0.05) is 25.9 Å². The van der Waals surface area contributed by atoms with Crippen molar-refractivity contribution < 1.29 is 13.2 Å². The molecule has 0 aliphatic heterocycles. The maximum atomic E-state index is 12.9. The van der Waals surface area contributed by atoms with Crippen molar-refractivity contribution in [2.24, 2.45) is 0 Å². The number of nitrogens with zero attached hydrogens (tertiary/aromatic N) is 1. The minimum atomic E-state index is -3.62. The Morgan fingerprint density at radius 1 is 1.23 bits per heavy atom. The fraction of sp³-hybridized carbons (Fsp3) is 0.250. The molecule has 0 radical (unpaired) electrons. The van der Waals surface area contributed by atoms with Gasteiger partial charge in [-0.2, -0.15) is 0 Å². The van der Waals surface area contributed by atoms with Crippen molar-refractivity contribution in [3.8, 4) is 0 Å². The quantitative estimate of drug-likeness (QED) is 0.915. The van der Waals surface area contributed by atoms with Crippen LogP contribution in [0.15, 0.2) is 53.7 Å². The highest BCUT2D eigenvalue weighted by atomic mass is 32.2. The second-order valence-corrected chi connectivity index (χ2v) is 7.20. The maximum Gasteiger partial charge on any atom is 0.216 e. The minimum absolute atomic E-state index is 0.0111. The van der Waals surface area contributed by atoms with Crippen LogP contribution in [0.5, 0.6) is 0 Å². The van der Waals surface area contributed by atoms with E-state index < -0.39 is 15.1 Å². The molecule has 0 saturated carbocycles. The third-order valence-corrected chi connectivity index (χ3v) is 5.43. The molecule has 0 aliphatic carbocycles. The summed E-state index contributed by atoms with van der Waals surface area (Å²) in [6.07, 6.45) is 3.09. The molecule has 2 aromatic rings. The molecule has 22 heavy (non-hydrogen) atoms. The van der Waals surface area contributed by atoms with E-state index in [0.717, 1.165) is 5.56 Å². The van der Waals surface area contributed by atoms with Crippen molar-refractivity contribution in [3.05, 3.63) is 59.9 Å². The SMILES string of the molecule is CC(=O)NC[C@H](c1cccnc1)S(=O)(=O)c1ccc(C)cc1. The van der Waals surface area contributed by atoms with E-state index in [1.807, 2.05) is 6.92 Å². The number of hydrogen-bond donors (Lipinski definition) is 1. The predicted molar refractivity (Wildman–Crippen MR) is 84.0 cm³/mol. The number of sulfone groups is 1. The van der Waals surface area contributed by atoms with Crippen molar-refractivity contribution in [2.75, 3.05) is 6.54 Å². The highest BCUT2D eigenvalue weighted by molar-refractivity contribution is 7.91. The van der Waals surface area contributed by atoms with Gasteiger partial charge in [-0.15, -0.1) is 0 Å². The number of hydrogen-bond acceptors (Lipinski definition) is 4. The normalized spacial score (nSPS) is 12.6. The van der Waals surface area contributed by atoms with Crippen molar-refractivity contribution in [3.63, 3.8) is 0 Å². The fourth-order valence-corrected chi connectivity index (χ4v) is 3.75. The summed E-state index contributed by atoms with van der Waals surface area (Å²) in [5.41, 5.74) is 1.54. The van der Waals surface area contributed by atoms with E-state index in [2.05, 4.69) is 10.3 Å². The van der Waals surface area contributed by atoms with Crippen molar-refractivity contribution >= 4 is 15.7 Å². The number of benzene rings is 1. The molecule has 1 aromatic heterocycles. The van der Waals surface area contributed by atoms with Crippen LogP contribution in [-0.2, 0) is 14.6 Å². The van der Waals surface area contributed by atoms with Gasteiger partial charge in [-0.05, 0) is 30.7 Å². The standard InChI is InChI=1S/C16H18N2O3S/c1-12-5-7-15(8-6-12)22(20,21)16(11-18-13(2)19)14-4-3-9-17-10-14/h3-10,16H,11H2,1-2H3,(H,18,19)/t16-/m1/s1. The topological polar surface area (TPSA) is 76.1 Å². The largest absolute Gasteiger partial charge is 0.355 e. The molecule has 0 aliphatic rings. The predicted octanol–water partition coefficient (Wildman–Crippen LogP) is 2.04. The zero-order valence-electron chi connectivity index (χ0n) is 12.5.